The predicted octanol–water partition coefficient (Wildman–Crippen LogP) is 0.880. The molecule has 4 nitrogen and oxygen atoms in total. The number of nitrogens with zero attached hydrogens (tertiary/aromatic N) is 1. The standard InChI is InChI=1S/C11H17FN2O2/c1-9(13-4-6-16-7-5-15)11-3-2-10(12)8-14-11/h2-3,8-9,13,15H,4-7H2,1H3. The maximum absolute atomic E-state index is 12.6. The van der Waals surface area contributed by atoms with Crippen LogP contribution in [0.1, 0.15) is 18.7 Å². The summed E-state index contributed by atoms with van der Waals surface area (Å²) in [5, 5.41) is 11.7. The molecule has 0 aromatic carbocycles. The molecule has 0 aliphatic rings. The average Bonchev–Trinajstić information content (AvgIpc) is 2.29. The van der Waals surface area contributed by atoms with Crippen molar-refractivity contribution in [1.29, 1.82) is 0 Å². The number of aliphatic hydroxyl groups excluding tert-OH is 1. The lowest BCUT2D eigenvalue weighted by molar-refractivity contribution is 0.0928. The molecule has 1 heterocycles. The molecule has 5 heteroatoms. The van der Waals surface area contributed by atoms with Gasteiger partial charge in [0.2, 0.25) is 0 Å². The molecule has 90 valence electrons. The summed E-state index contributed by atoms with van der Waals surface area (Å²) in [4.78, 5) is 3.97. The lowest BCUT2D eigenvalue weighted by Crippen LogP contribution is -2.24. The number of halogens is 1. The molecule has 0 saturated carbocycles. The molecule has 1 aromatic rings. The molecular formula is C11H17FN2O2. The first kappa shape index (κ1) is 13.0. The van der Waals surface area contributed by atoms with Crippen LogP contribution in [0, 0.1) is 5.82 Å². The highest BCUT2D eigenvalue weighted by Crippen LogP contribution is 2.08. The van der Waals surface area contributed by atoms with Crippen LogP contribution in [0.5, 0.6) is 0 Å². The van der Waals surface area contributed by atoms with Crippen LogP contribution in [0.3, 0.4) is 0 Å². The monoisotopic (exact) mass is 228 g/mol. The van der Waals surface area contributed by atoms with E-state index in [0.717, 1.165) is 5.69 Å². The number of ether oxygens (including phenoxy) is 1. The number of rotatable bonds is 7. The van der Waals surface area contributed by atoms with Crippen LogP contribution in [0.15, 0.2) is 18.3 Å². The molecule has 1 unspecified atom stereocenters. The maximum atomic E-state index is 12.6. The summed E-state index contributed by atoms with van der Waals surface area (Å²) < 4.78 is 17.7. The first-order chi connectivity index (χ1) is 7.74. The van der Waals surface area contributed by atoms with E-state index in [4.69, 9.17) is 9.84 Å². The van der Waals surface area contributed by atoms with Gasteiger partial charge in [0.25, 0.3) is 0 Å². The van der Waals surface area contributed by atoms with E-state index in [1.54, 1.807) is 6.07 Å². The summed E-state index contributed by atoms with van der Waals surface area (Å²) >= 11 is 0. The topological polar surface area (TPSA) is 54.4 Å². The Morgan fingerprint density at radius 2 is 2.31 bits per heavy atom. The summed E-state index contributed by atoms with van der Waals surface area (Å²) in [5.41, 5.74) is 0.795. The van der Waals surface area contributed by atoms with Crippen molar-refractivity contribution in [3.8, 4) is 0 Å². The van der Waals surface area contributed by atoms with Crippen LogP contribution in [0.25, 0.3) is 0 Å². The van der Waals surface area contributed by atoms with Gasteiger partial charge in [-0.25, -0.2) is 4.39 Å². The molecule has 0 amide bonds. The van der Waals surface area contributed by atoms with Crippen molar-refractivity contribution in [2.45, 2.75) is 13.0 Å². The normalized spacial score (nSPS) is 12.7. The molecule has 0 aliphatic carbocycles. The minimum atomic E-state index is -0.331. The van der Waals surface area contributed by atoms with E-state index in [-0.39, 0.29) is 18.5 Å². The number of hydrogen-bond acceptors (Lipinski definition) is 4. The van der Waals surface area contributed by atoms with Crippen molar-refractivity contribution in [2.24, 2.45) is 0 Å². The zero-order valence-electron chi connectivity index (χ0n) is 9.32. The second-order valence-electron chi connectivity index (χ2n) is 3.41. The molecule has 0 saturated heterocycles. The minimum absolute atomic E-state index is 0.0368. The Morgan fingerprint density at radius 3 is 2.94 bits per heavy atom. The average molecular weight is 228 g/mol. The molecule has 0 radical (unpaired) electrons. The Kier molecular flexibility index (Phi) is 5.92. The third-order valence-corrected chi connectivity index (χ3v) is 2.13. The summed E-state index contributed by atoms with van der Waals surface area (Å²) in [6, 6.07) is 3.10. The number of aliphatic hydroxyl groups is 1. The molecule has 0 spiro atoms. The fraction of sp³-hybridized carbons (Fsp3) is 0.545. The van der Waals surface area contributed by atoms with Crippen LogP contribution in [-0.4, -0.2) is 36.5 Å². The highest BCUT2D eigenvalue weighted by Gasteiger charge is 2.05. The quantitative estimate of drug-likeness (QED) is 0.680. The van der Waals surface area contributed by atoms with Crippen molar-refractivity contribution < 1.29 is 14.2 Å². The summed E-state index contributed by atoms with van der Waals surface area (Å²) in [6.07, 6.45) is 1.20. The van der Waals surface area contributed by atoms with Crippen LogP contribution < -0.4 is 5.32 Å². The number of pyridine rings is 1. The molecule has 1 aromatic heterocycles. The smallest absolute Gasteiger partial charge is 0.141 e. The Morgan fingerprint density at radius 1 is 1.50 bits per heavy atom. The van der Waals surface area contributed by atoms with Gasteiger partial charge in [-0.05, 0) is 19.1 Å². The van der Waals surface area contributed by atoms with Crippen LogP contribution >= 0.6 is 0 Å². The van der Waals surface area contributed by atoms with Gasteiger partial charge in [0.1, 0.15) is 5.82 Å². The largest absolute Gasteiger partial charge is 0.394 e. The van der Waals surface area contributed by atoms with Gasteiger partial charge in [-0.3, -0.25) is 4.98 Å². The highest BCUT2D eigenvalue weighted by atomic mass is 19.1. The minimum Gasteiger partial charge on any atom is -0.394 e. The molecule has 16 heavy (non-hydrogen) atoms. The van der Waals surface area contributed by atoms with E-state index < -0.39 is 0 Å². The molecule has 2 N–H and O–H groups in total. The fourth-order valence-electron chi connectivity index (χ4n) is 1.26. The highest BCUT2D eigenvalue weighted by molar-refractivity contribution is 5.08. The number of nitrogens with one attached hydrogen (secondary N) is 1. The van der Waals surface area contributed by atoms with Gasteiger partial charge in [0.15, 0.2) is 0 Å². The third kappa shape index (κ3) is 4.65. The van der Waals surface area contributed by atoms with Crippen molar-refractivity contribution >= 4 is 0 Å². The van der Waals surface area contributed by atoms with E-state index in [9.17, 15) is 4.39 Å². The lowest BCUT2D eigenvalue weighted by Gasteiger charge is -2.13. The summed E-state index contributed by atoms with van der Waals surface area (Å²) in [6.45, 7) is 3.54. The number of hydrogen-bond donors (Lipinski definition) is 2. The van der Waals surface area contributed by atoms with E-state index >= 15 is 0 Å². The van der Waals surface area contributed by atoms with Gasteiger partial charge < -0.3 is 15.2 Å². The third-order valence-electron chi connectivity index (χ3n) is 2.13. The zero-order chi connectivity index (χ0) is 11.8. The second kappa shape index (κ2) is 7.27. The first-order valence-electron chi connectivity index (χ1n) is 5.27. The SMILES string of the molecule is CC(NCCOCCO)c1ccc(F)cn1. The predicted molar refractivity (Wildman–Crippen MR) is 58.5 cm³/mol. The molecule has 0 bridgehead atoms. The summed E-state index contributed by atoms with van der Waals surface area (Å²) in [7, 11) is 0. The van der Waals surface area contributed by atoms with E-state index in [2.05, 4.69) is 10.3 Å². The van der Waals surface area contributed by atoms with E-state index in [1.807, 2.05) is 6.92 Å². The zero-order valence-corrected chi connectivity index (χ0v) is 9.32. The Labute approximate surface area is 94.5 Å². The fourth-order valence-corrected chi connectivity index (χ4v) is 1.26. The maximum Gasteiger partial charge on any atom is 0.141 e. The lowest BCUT2D eigenvalue weighted by atomic mass is 10.2. The Bertz CT molecular complexity index is 293. The van der Waals surface area contributed by atoms with Crippen LogP contribution in [0.2, 0.25) is 0 Å². The van der Waals surface area contributed by atoms with Crippen molar-refractivity contribution in [1.82, 2.24) is 10.3 Å². The molecule has 0 fully saturated rings. The van der Waals surface area contributed by atoms with Gasteiger partial charge in [0.05, 0.1) is 31.7 Å². The molecule has 1 atom stereocenters. The van der Waals surface area contributed by atoms with Crippen molar-refractivity contribution in [3.63, 3.8) is 0 Å². The van der Waals surface area contributed by atoms with E-state index in [0.29, 0.717) is 19.8 Å². The van der Waals surface area contributed by atoms with Gasteiger partial charge in [0, 0.05) is 12.6 Å². The Balaban J connectivity index is 2.24. The van der Waals surface area contributed by atoms with Crippen molar-refractivity contribution in [2.75, 3.05) is 26.4 Å². The molecule has 1 rings (SSSR count). The Hall–Kier alpha value is -1.04. The van der Waals surface area contributed by atoms with Gasteiger partial charge in [-0.2, -0.15) is 0 Å². The number of aromatic nitrogens is 1. The molecule has 0 aliphatic heterocycles. The van der Waals surface area contributed by atoms with Crippen LogP contribution in [0.4, 0.5) is 4.39 Å². The van der Waals surface area contributed by atoms with Crippen molar-refractivity contribution in [3.05, 3.63) is 29.8 Å². The van der Waals surface area contributed by atoms with Crippen LogP contribution in [-0.2, 0) is 4.74 Å². The van der Waals surface area contributed by atoms with E-state index in [1.165, 1.54) is 12.3 Å². The van der Waals surface area contributed by atoms with Gasteiger partial charge >= 0.3 is 0 Å². The first-order valence-corrected chi connectivity index (χ1v) is 5.27. The van der Waals surface area contributed by atoms with Gasteiger partial charge in [-0.15, -0.1) is 0 Å². The van der Waals surface area contributed by atoms with Gasteiger partial charge in [-0.1, -0.05) is 0 Å². The summed E-state index contributed by atoms with van der Waals surface area (Å²) in [5.74, 6) is -0.331. The second-order valence-corrected chi connectivity index (χ2v) is 3.41. The molecular weight excluding hydrogens is 211 g/mol.